The lowest BCUT2D eigenvalue weighted by Gasteiger charge is -2.16. The quantitative estimate of drug-likeness (QED) is 0.287. The number of hydrogen-bond acceptors (Lipinski definition) is 4. The first-order chi connectivity index (χ1) is 12.3. The molecular formula is C21H23ClN2O2. The number of nitrogens with zero attached hydrogens (tertiary/aromatic N) is 1. The van der Waals surface area contributed by atoms with Crippen molar-refractivity contribution in [2.24, 2.45) is 10.9 Å². The lowest BCUT2D eigenvalue weighted by atomic mass is 10.0. The molecule has 0 fully saturated rings. The molecule has 0 aliphatic rings. The van der Waals surface area contributed by atoms with E-state index in [0.29, 0.717) is 12.4 Å². The zero-order chi connectivity index (χ0) is 17.5. The van der Waals surface area contributed by atoms with Gasteiger partial charge in [-0.1, -0.05) is 54.6 Å². The highest BCUT2D eigenvalue weighted by atomic mass is 35.5. The molecule has 0 radical (unpaired) electrons. The van der Waals surface area contributed by atoms with E-state index in [2.05, 4.69) is 29.4 Å². The third-order valence-electron chi connectivity index (χ3n) is 4.10. The Balaban J connectivity index is 0.00000243. The number of fused-ring (bicyclic) bond motifs is 1. The highest BCUT2D eigenvalue weighted by Gasteiger charge is 2.14. The van der Waals surface area contributed by atoms with E-state index >= 15 is 0 Å². The van der Waals surface area contributed by atoms with Crippen molar-refractivity contribution in [1.29, 1.82) is 0 Å². The summed E-state index contributed by atoms with van der Waals surface area (Å²) in [5.41, 5.74) is 2.12. The zero-order valence-electron chi connectivity index (χ0n) is 14.7. The molecule has 0 saturated heterocycles. The number of ether oxygens (including phenoxy) is 2. The van der Waals surface area contributed by atoms with Crippen LogP contribution < -0.4 is 15.3 Å². The second-order valence-corrected chi connectivity index (χ2v) is 5.77. The molecule has 5 heteroatoms. The van der Waals surface area contributed by atoms with Crippen molar-refractivity contribution in [1.82, 2.24) is 0 Å². The number of nitrogens with two attached hydrogens (primary N) is 1. The van der Waals surface area contributed by atoms with Crippen molar-refractivity contribution < 1.29 is 9.47 Å². The van der Waals surface area contributed by atoms with Gasteiger partial charge in [-0.15, -0.1) is 12.4 Å². The van der Waals surface area contributed by atoms with Gasteiger partial charge in [-0.05, 0) is 29.9 Å². The number of hydrazone groups is 1. The standard InChI is InChI=1S/C21H22N2O2.ClH/c1-24-20-18(15-23-22)14-17-11-5-6-12-19(17)21(20)25-13-7-10-16-8-3-2-4-9-16;/h2-6,8-9,11-12,14-15H,7,10,13,22H2,1H3;1H/b23-15+;. The maximum Gasteiger partial charge on any atom is 0.170 e. The molecule has 4 nitrogen and oxygen atoms in total. The van der Waals surface area contributed by atoms with Gasteiger partial charge in [0.25, 0.3) is 0 Å². The van der Waals surface area contributed by atoms with E-state index < -0.39 is 0 Å². The number of methoxy groups -OCH3 is 1. The van der Waals surface area contributed by atoms with Crippen LogP contribution in [0.2, 0.25) is 0 Å². The van der Waals surface area contributed by atoms with Gasteiger partial charge in [0.05, 0.1) is 19.9 Å². The Morgan fingerprint density at radius 3 is 2.46 bits per heavy atom. The van der Waals surface area contributed by atoms with Gasteiger partial charge < -0.3 is 15.3 Å². The molecule has 0 heterocycles. The summed E-state index contributed by atoms with van der Waals surface area (Å²) in [5.74, 6) is 6.74. The van der Waals surface area contributed by atoms with Crippen LogP contribution in [0.3, 0.4) is 0 Å². The minimum absolute atomic E-state index is 0. The molecule has 0 amide bonds. The lowest BCUT2D eigenvalue weighted by Crippen LogP contribution is -2.04. The molecule has 3 aromatic rings. The Morgan fingerprint density at radius 2 is 1.73 bits per heavy atom. The molecule has 0 aliphatic heterocycles. The molecule has 0 unspecified atom stereocenters. The van der Waals surface area contributed by atoms with Crippen molar-refractivity contribution in [2.45, 2.75) is 12.8 Å². The van der Waals surface area contributed by atoms with E-state index in [0.717, 1.165) is 34.9 Å². The third-order valence-corrected chi connectivity index (χ3v) is 4.10. The normalized spacial score (nSPS) is 10.7. The summed E-state index contributed by atoms with van der Waals surface area (Å²) in [6.45, 7) is 0.610. The zero-order valence-corrected chi connectivity index (χ0v) is 15.5. The van der Waals surface area contributed by atoms with Crippen LogP contribution in [0.1, 0.15) is 17.5 Å². The largest absolute Gasteiger partial charge is 0.492 e. The van der Waals surface area contributed by atoms with Crippen LogP contribution in [-0.2, 0) is 6.42 Å². The number of hydrogen-bond donors (Lipinski definition) is 1. The van der Waals surface area contributed by atoms with E-state index in [-0.39, 0.29) is 12.4 Å². The van der Waals surface area contributed by atoms with Crippen molar-refractivity contribution >= 4 is 29.4 Å². The Kier molecular flexibility index (Phi) is 7.30. The van der Waals surface area contributed by atoms with E-state index in [1.165, 1.54) is 5.56 Å². The van der Waals surface area contributed by atoms with Gasteiger partial charge in [0, 0.05) is 10.9 Å². The summed E-state index contributed by atoms with van der Waals surface area (Å²) in [6, 6.07) is 20.5. The molecular weight excluding hydrogens is 348 g/mol. The van der Waals surface area contributed by atoms with Crippen LogP contribution >= 0.6 is 12.4 Å². The summed E-state index contributed by atoms with van der Waals surface area (Å²) in [6.07, 6.45) is 3.49. The van der Waals surface area contributed by atoms with Gasteiger partial charge in [0.15, 0.2) is 11.5 Å². The molecule has 0 atom stereocenters. The second kappa shape index (κ2) is 9.68. The Bertz CT molecular complexity index is 867. The van der Waals surface area contributed by atoms with Crippen LogP contribution in [0.4, 0.5) is 0 Å². The van der Waals surface area contributed by atoms with Gasteiger partial charge in [-0.2, -0.15) is 5.10 Å². The molecule has 0 spiro atoms. The van der Waals surface area contributed by atoms with Gasteiger partial charge in [-0.25, -0.2) is 0 Å². The fourth-order valence-electron chi connectivity index (χ4n) is 2.94. The maximum atomic E-state index is 6.12. The van der Waals surface area contributed by atoms with Crippen LogP contribution in [0, 0.1) is 0 Å². The Labute approximate surface area is 160 Å². The molecule has 0 aliphatic carbocycles. The van der Waals surface area contributed by atoms with Gasteiger partial charge >= 0.3 is 0 Å². The number of rotatable bonds is 7. The van der Waals surface area contributed by atoms with E-state index in [4.69, 9.17) is 15.3 Å². The van der Waals surface area contributed by atoms with E-state index in [1.54, 1.807) is 13.3 Å². The summed E-state index contributed by atoms with van der Waals surface area (Å²) in [4.78, 5) is 0. The van der Waals surface area contributed by atoms with Crippen LogP contribution in [0.5, 0.6) is 11.5 Å². The topological polar surface area (TPSA) is 56.8 Å². The average molecular weight is 371 g/mol. The number of benzene rings is 3. The molecule has 136 valence electrons. The van der Waals surface area contributed by atoms with Gasteiger partial charge in [-0.3, -0.25) is 0 Å². The van der Waals surface area contributed by atoms with Crippen molar-refractivity contribution in [3.8, 4) is 11.5 Å². The SMILES string of the molecule is COc1c(/C=N/N)cc2ccccc2c1OCCCc1ccccc1.Cl. The summed E-state index contributed by atoms with van der Waals surface area (Å²) < 4.78 is 11.7. The molecule has 3 rings (SSSR count). The number of halogens is 1. The lowest BCUT2D eigenvalue weighted by molar-refractivity contribution is 0.293. The highest BCUT2D eigenvalue weighted by Crippen LogP contribution is 2.38. The van der Waals surface area contributed by atoms with Crippen molar-refractivity contribution in [3.63, 3.8) is 0 Å². The molecule has 3 aromatic carbocycles. The highest BCUT2D eigenvalue weighted by molar-refractivity contribution is 5.98. The predicted molar refractivity (Wildman–Crippen MR) is 110 cm³/mol. The molecule has 0 aromatic heterocycles. The summed E-state index contributed by atoms with van der Waals surface area (Å²) >= 11 is 0. The van der Waals surface area contributed by atoms with Gasteiger partial charge in [0.2, 0.25) is 0 Å². The summed E-state index contributed by atoms with van der Waals surface area (Å²) in [7, 11) is 1.63. The third kappa shape index (κ3) is 4.46. The fraction of sp³-hybridized carbons (Fsp3) is 0.190. The molecule has 0 saturated carbocycles. The first-order valence-electron chi connectivity index (χ1n) is 8.33. The minimum atomic E-state index is 0. The van der Waals surface area contributed by atoms with Crippen molar-refractivity contribution in [2.75, 3.05) is 13.7 Å². The molecule has 26 heavy (non-hydrogen) atoms. The van der Waals surface area contributed by atoms with E-state index in [9.17, 15) is 0 Å². The van der Waals surface area contributed by atoms with E-state index in [1.807, 2.05) is 36.4 Å². The molecule has 2 N–H and O–H groups in total. The average Bonchev–Trinajstić information content (AvgIpc) is 2.66. The van der Waals surface area contributed by atoms with Crippen LogP contribution in [0.25, 0.3) is 10.8 Å². The number of aryl methyl sites for hydroxylation is 1. The minimum Gasteiger partial charge on any atom is -0.492 e. The van der Waals surface area contributed by atoms with Crippen LogP contribution in [0.15, 0.2) is 65.8 Å². The van der Waals surface area contributed by atoms with Crippen LogP contribution in [-0.4, -0.2) is 19.9 Å². The Morgan fingerprint density at radius 1 is 1.00 bits per heavy atom. The second-order valence-electron chi connectivity index (χ2n) is 5.77. The smallest absolute Gasteiger partial charge is 0.170 e. The Hall–Kier alpha value is -2.72. The first-order valence-corrected chi connectivity index (χ1v) is 8.33. The molecule has 0 bridgehead atoms. The first kappa shape index (κ1) is 19.6. The fourth-order valence-corrected chi connectivity index (χ4v) is 2.94. The summed E-state index contributed by atoms with van der Waals surface area (Å²) in [5, 5.41) is 5.73. The predicted octanol–water partition coefficient (Wildman–Crippen LogP) is 4.57. The van der Waals surface area contributed by atoms with Gasteiger partial charge in [0.1, 0.15) is 0 Å². The monoisotopic (exact) mass is 370 g/mol. The van der Waals surface area contributed by atoms with Crippen molar-refractivity contribution in [3.05, 3.63) is 71.8 Å². The maximum absolute atomic E-state index is 6.12.